The summed E-state index contributed by atoms with van der Waals surface area (Å²) in [5, 5.41) is 3.42. The molecule has 8 heteroatoms. The topological polar surface area (TPSA) is 84.5 Å². The summed E-state index contributed by atoms with van der Waals surface area (Å²) in [6.45, 7) is 9.79. The van der Waals surface area contributed by atoms with Crippen molar-refractivity contribution in [1.29, 1.82) is 0 Å². The van der Waals surface area contributed by atoms with Crippen molar-refractivity contribution in [2.45, 2.75) is 57.5 Å². The minimum Gasteiger partial charge on any atom is -0.373 e. The first-order chi connectivity index (χ1) is 17.0. The van der Waals surface area contributed by atoms with Gasteiger partial charge in [-0.1, -0.05) is 87.0 Å². The van der Waals surface area contributed by atoms with Crippen LogP contribution in [0.4, 0.5) is 5.69 Å². The van der Waals surface area contributed by atoms with Gasteiger partial charge in [-0.25, -0.2) is 8.42 Å². The monoisotopic (exact) mass is 528 g/mol. The molecule has 0 amide bonds. The van der Waals surface area contributed by atoms with Crippen LogP contribution in [0.25, 0.3) is 0 Å². The van der Waals surface area contributed by atoms with Crippen LogP contribution in [-0.2, 0) is 25.5 Å². The number of aryl methyl sites for hydroxylation is 1. The zero-order chi connectivity index (χ0) is 26.4. The first kappa shape index (κ1) is 28.1. The predicted octanol–water partition coefficient (Wildman–Crippen LogP) is 6.64. The summed E-state index contributed by atoms with van der Waals surface area (Å²) in [5.41, 5.74) is 2.08. The lowest BCUT2D eigenvalue weighted by molar-refractivity contribution is 0.288. The van der Waals surface area contributed by atoms with E-state index in [2.05, 4.69) is 10.0 Å². The van der Waals surface area contributed by atoms with Crippen LogP contribution in [0.5, 0.6) is 0 Å². The van der Waals surface area contributed by atoms with Gasteiger partial charge in [0.1, 0.15) is 11.6 Å². The molecule has 0 aliphatic carbocycles. The summed E-state index contributed by atoms with van der Waals surface area (Å²) >= 11 is 0. The van der Waals surface area contributed by atoms with Gasteiger partial charge in [0.05, 0.1) is 11.5 Å². The summed E-state index contributed by atoms with van der Waals surface area (Å²) < 4.78 is 50.9. The lowest BCUT2D eigenvalue weighted by atomic mass is 9.96. The fourth-order valence-electron chi connectivity index (χ4n) is 4.13. The van der Waals surface area contributed by atoms with Gasteiger partial charge < -0.3 is 9.84 Å². The Kier molecular flexibility index (Phi) is 9.18. The van der Waals surface area contributed by atoms with Gasteiger partial charge in [0.25, 0.3) is 0 Å². The molecule has 0 aromatic heterocycles. The maximum atomic E-state index is 15.0. The molecule has 6 nitrogen and oxygen atoms in total. The second-order valence-electron chi connectivity index (χ2n) is 9.98. The van der Waals surface area contributed by atoms with E-state index in [9.17, 15) is 8.42 Å². The first-order valence-corrected chi connectivity index (χ1v) is 15.4. The summed E-state index contributed by atoms with van der Waals surface area (Å²) in [6, 6.07) is 25.6. The Morgan fingerprint density at radius 1 is 0.889 bits per heavy atom. The van der Waals surface area contributed by atoms with Crippen LogP contribution in [0.3, 0.4) is 0 Å². The molecule has 3 atom stereocenters. The Hall–Kier alpha value is -2.44. The zero-order valence-electron chi connectivity index (χ0n) is 21.6. The van der Waals surface area contributed by atoms with Crippen molar-refractivity contribution in [2.24, 2.45) is 5.41 Å². The molecule has 2 N–H and O–H groups in total. The second-order valence-corrected chi connectivity index (χ2v) is 14.4. The van der Waals surface area contributed by atoms with Crippen molar-refractivity contribution in [3.8, 4) is 0 Å². The Labute approximate surface area is 216 Å². The highest BCUT2D eigenvalue weighted by atomic mass is 32.2. The average Bonchev–Trinajstić information content (AvgIpc) is 2.83. The van der Waals surface area contributed by atoms with Gasteiger partial charge in [-0.3, -0.25) is 4.57 Å². The van der Waals surface area contributed by atoms with Gasteiger partial charge in [0.15, 0.2) is 0 Å². The van der Waals surface area contributed by atoms with E-state index in [1.807, 2.05) is 88.4 Å². The van der Waals surface area contributed by atoms with Crippen LogP contribution in [0, 0.1) is 12.3 Å². The summed E-state index contributed by atoms with van der Waals surface area (Å²) in [4.78, 5) is 0.123. The van der Waals surface area contributed by atoms with Crippen molar-refractivity contribution in [3.63, 3.8) is 0 Å². The third-order valence-electron chi connectivity index (χ3n) is 5.92. The summed E-state index contributed by atoms with van der Waals surface area (Å²) in [7, 11) is -7.70. The van der Waals surface area contributed by atoms with Crippen LogP contribution >= 0.6 is 7.37 Å². The molecule has 0 heterocycles. The molecular formula is C28H37N2O4PS. The third-order valence-corrected chi connectivity index (χ3v) is 11.0. The molecule has 0 saturated heterocycles. The summed E-state index contributed by atoms with van der Waals surface area (Å²) in [5.74, 6) is -1.66. The van der Waals surface area contributed by atoms with E-state index in [4.69, 9.17) is 4.52 Å². The van der Waals surface area contributed by atoms with E-state index in [1.165, 1.54) is 0 Å². The fraction of sp³-hybridized carbons (Fsp3) is 0.357. The quantitative estimate of drug-likeness (QED) is 0.273. The number of rotatable bonds is 11. The Bertz CT molecular complexity index is 1260. The fourth-order valence-corrected chi connectivity index (χ4v) is 9.17. The van der Waals surface area contributed by atoms with Crippen LogP contribution < -0.4 is 10.0 Å². The molecule has 3 aromatic carbocycles. The number of sulfonamides is 1. The zero-order valence-corrected chi connectivity index (χ0v) is 23.4. The van der Waals surface area contributed by atoms with Gasteiger partial charge in [0, 0.05) is 5.69 Å². The van der Waals surface area contributed by atoms with Crippen LogP contribution in [-0.4, -0.2) is 26.6 Å². The average molecular weight is 529 g/mol. The minimum atomic E-state index is -3.98. The molecule has 36 heavy (non-hydrogen) atoms. The minimum absolute atomic E-state index is 0.123. The number of para-hydroxylation sites is 1. The molecule has 3 aromatic rings. The SMILES string of the molecule is CCO[P@@](=O)([C@H](Cc1ccccc1)NS(=O)(=O)c1ccc(C)cc1)[C@H](Nc1ccccc1)C(C)(C)C. The molecule has 0 fully saturated rings. The van der Waals surface area contributed by atoms with Gasteiger partial charge in [0.2, 0.25) is 17.4 Å². The van der Waals surface area contributed by atoms with Crippen LogP contribution in [0.2, 0.25) is 0 Å². The molecular weight excluding hydrogens is 491 g/mol. The largest absolute Gasteiger partial charge is 0.373 e. The third kappa shape index (κ3) is 7.07. The molecule has 3 rings (SSSR count). The predicted molar refractivity (Wildman–Crippen MR) is 148 cm³/mol. The van der Waals surface area contributed by atoms with Gasteiger partial charge >= 0.3 is 0 Å². The summed E-state index contributed by atoms with van der Waals surface area (Å²) in [6.07, 6.45) is 0.215. The smallest absolute Gasteiger partial charge is 0.242 e. The van der Waals surface area contributed by atoms with E-state index in [-0.39, 0.29) is 17.9 Å². The number of hydrogen-bond acceptors (Lipinski definition) is 5. The highest BCUT2D eigenvalue weighted by Crippen LogP contribution is 2.61. The Morgan fingerprint density at radius 2 is 1.44 bits per heavy atom. The molecule has 0 saturated carbocycles. The van der Waals surface area contributed by atoms with Gasteiger partial charge in [-0.15, -0.1) is 0 Å². The normalized spacial score (nSPS) is 15.6. The van der Waals surface area contributed by atoms with E-state index < -0.39 is 34.4 Å². The molecule has 0 bridgehead atoms. The van der Waals surface area contributed by atoms with Crippen molar-refractivity contribution in [3.05, 3.63) is 96.1 Å². The lowest BCUT2D eigenvalue weighted by Crippen LogP contribution is -2.45. The number of hydrogen-bond donors (Lipinski definition) is 2. The van der Waals surface area contributed by atoms with Gasteiger partial charge in [-0.05, 0) is 55.5 Å². The van der Waals surface area contributed by atoms with E-state index in [1.54, 1.807) is 31.2 Å². The second kappa shape index (κ2) is 11.7. The molecule has 0 spiro atoms. The Morgan fingerprint density at radius 3 is 1.97 bits per heavy atom. The number of benzene rings is 3. The van der Waals surface area contributed by atoms with Crippen molar-refractivity contribution >= 4 is 23.1 Å². The maximum absolute atomic E-state index is 15.0. The van der Waals surface area contributed by atoms with E-state index >= 15 is 4.57 Å². The van der Waals surface area contributed by atoms with Crippen LogP contribution in [0.1, 0.15) is 38.8 Å². The molecule has 0 aliphatic heterocycles. The van der Waals surface area contributed by atoms with Crippen molar-refractivity contribution in [1.82, 2.24) is 4.72 Å². The first-order valence-electron chi connectivity index (χ1n) is 12.1. The number of nitrogens with one attached hydrogen (secondary N) is 2. The van der Waals surface area contributed by atoms with E-state index in [0.29, 0.717) is 0 Å². The lowest BCUT2D eigenvalue weighted by Gasteiger charge is -2.41. The van der Waals surface area contributed by atoms with Gasteiger partial charge in [-0.2, -0.15) is 4.72 Å². The molecule has 0 unspecified atom stereocenters. The van der Waals surface area contributed by atoms with Crippen LogP contribution in [0.15, 0.2) is 89.8 Å². The maximum Gasteiger partial charge on any atom is 0.242 e. The molecule has 194 valence electrons. The highest BCUT2D eigenvalue weighted by molar-refractivity contribution is 7.90. The van der Waals surface area contributed by atoms with Crippen molar-refractivity contribution < 1.29 is 17.5 Å². The number of anilines is 1. The highest BCUT2D eigenvalue weighted by Gasteiger charge is 2.49. The standard InChI is InChI=1S/C28H37N2O4PS/c1-6-34-35(31,27(28(3,4)5)29-24-15-11-8-12-16-24)26(21-23-13-9-7-10-14-23)30-36(32,33)25-19-17-22(2)18-20-25/h7-20,26-27,29-30H,6,21H2,1-5H3/t26-,27+,35+/m1/s1. The Balaban J connectivity index is 2.11. The molecule has 0 radical (unpaired) electrons. The molecule has 0 aliphatic rings. The van der Waals surface area contributed by atoms with E-state index in [0.717, 1.165) is 16.8 Å². The van der Waals surface area contributed by atoms with Crippen molar-refractivity contribution in [2.75, 3.05) is 11.9 Å².